The molecular formula is C25H52O2. The lowest BCUT2D eigenvalue weighted by Crippen LogP contribution is -2.06. The van der Waals surface area contributed by atoms with Crippen molar-refractivity contribution in [3.63, 3.8) is 0 Å². The molecule has 0 aliphatic carbocycles. The molecule has 164 valence electrons. The summed E-state index contributed by atoms with van der Waals surface area (Å²) < 4.78 is 0. The van der Waals surface area contributed by atoms with Gasteiger partial charge < -0.3 is 10.2 Å². The van der Waals surface area contributed by atoms with Crippen LogP contribution in [0.25, 0.3) is 0 Å². The number of hydrogen-bond donors (Lipinski definition) is 2. The summed E-state index contributed by atoms with van der Waals surface area (Å²) in [6.07, 6.45) is 28.5. The molecule has 0 aromatic heterocycles. The quantitative estimate of drug-likeness (QED) is 0.175. The maximum absolute atomic E-state index is 9.97. The third-order valence-corrected chi connectivity index (χ3v) is 5.84. The average molecular weight is 385 g/mol. The van der Waals surface area contributed by atoms with E-state index in [0.29, 0.717) is 6.61 Å². The second-order valence-electron chi connectivity index (χ2n) is 8.67. The van der Waals surface area contributed by atoms with Crippen LogP contribution in [-0.4, -0.2) is 22.9 Å². The molecule has 0 aliphatic rings. The summed E-state index contributed by atoms with van der Waals surface area (Å²) in [6.45, 7) is 2.59. The second kappa shape index (κ2) is 24.0. The Kier molecular flexibility index (Phi) is 23.9. The number of aliphatic hydroxyl groups is 2. The van der Waals surface area contributed by atoms with Gasteiger partial charge in [-0.2, -0.15) is 0 Å². The molecule has 0 heterocycles. The zero-order valence-electron chi connectivity index (χ0n) is 18.7. The first-order valence-corrected chi connectivity index (χ1v) is 12.6. The van der Waals surface area contributed by atoms with Crippen LogP contribution < -0.4 is 0 Å². The largest absolute Gasteiger partial charge is 0.396 e. The van der Waals surface area contributed by atoms with Gasteiger partial charge in [0.05, 0.1) is 6.10 Å². The summed E-state index contributed by atoms with van der Waals surface area (Å²) in [4.78, 5) is 0. The van der Waals surface area contributed by atoms with Crippen LogP contribution in [-0.2, 0) is 0 Å². The van der Waals surface area contributed by atoms with Crippen molar-refractivity contribution in [2.45, 2.75) is 154 Å². The molecule has 0 amide bonds. The zero-order valence-corrected chi connectivity index (χ0v) is 18.7. The molecule has 0 aromatic rings. The van der Waals surface area contributed by atoms with E-state index >= 15 is 0 Å². The van der Waals surface area contributed by atoms with Crippen LogP contribution in [0.4, 0.5) is 0 Å². The van der Waals surface area contributed by atoms with Crippen molar-refractivity contribution < 1.29 is 10.2 Å². The molecule has 0 radical (unpaired) electrons. The molecule has 0 rings (SSSR count). The fraction of sp³-hybridized carbons (Fsp3) is 1.00. The lowest BCUT2D eigenvalue weighted by molar-refractivity contribution is 0.147. The van der Waals surface area contributed by atoms with Crippen molar-refractivity contribution in [3.8, 4) is 0 Å². The maximum atomic E-state index is 9.97. The zero-order chi connectivity index (χ0) is 19.8. The summed E-state index contributed by atoms with van der Waals surface area (Å²) in [5.74, 6) is 0. The van der Waals surface area contributed by atoms with E-state index in [4.69, 9.17) is 5.11 Å². The summed E-state index contributed by atoms with van der Waals surface area (Å²) in [5.41, 5.74) is 0. The molecule has 2 N–H and O–H groups in total. The third-order valence-electron chi connectivity index (χ3n) is 5.84. The van der Waals surface area contributed by atoms with Gasteiger partial charge in [0, 0.05) is 6.61 Å². The van der Waals surface area contributed by atoms with E-state index in [1.807, 2.05) is 0 Å². The van der Waals surface area contributed by atoms with Crippen molar-refractivity contribution in [2.24, 2.45) is 0 Å². The van der Waals surface area contributed by atoms with Crippen LogP contribution in [0.15, 0.2) is 0 Å². The number of aliphatic hydroxyl groups excluding tert-OH is 2. The highest BCUT2D eigenvalue weighted by Gasteiger charge is 2.03. The van der Waals surface area contributed by atoms with Crippen molar-refractivity contribution in [1.29, 1.82) is 0 Å². The molecule has 0 spiro atoms. The van der Waals surface area contributed by atoms with Crippen LogP contribution in [0.1, 0.15) is 148 Å². The van der Waals surface area contributed by atoms with Gasteiger partial charge in [0.25, 0.3) is 0 Å². The van der Waals surface area contributed by atoms with E-state index < -0.39 is 0 Å². The van der Waals surface area contributed by atoms with Crippen LogP contribution >= 0.6 is 0 Å². The van der Waals surface area contributed by atoms with Crippen molar-refractivity contribution >= 4 is 0 Å². The molecular weight excluding hydrogens is 332 g/mol. The van der Waals surface area contributed by atoms with Gasteiger partial charge in [-0.3, -0.25) is 0 Å². The Morgan fingerprint density at radius 2 is 0.741 bits per heavy atom. The molecule has 2 nitrogen and oxygen atoms in total. The topological polar surface area (TPSA) is 40.5 Å². The summed E-state index contributed by atoms with van der Waals surface area (Å²) in [6, 6.07) is 0. The Hall–Kier alpha value is -0.0800. The van der Waals surface area contributed by atoms with E-state index in [9.17, 15) is 5.11 Å². The number of rotatable bonds is 23. The highest BCUT2D eigenvalue weighted by molar-refractivity contribution is 4.57. The molecule has 0 fully saturated rings. The van der Waals surface area contributed by atoms with Crippen LogP contribution in [0.2, 0.25) is 0 Å². The highest BCUT2D eigenvalue weighted by Crippen LogP contribution is 2.15. The molecule has 0 bridgehead atoms. The number of hydrogen-bond acceptors (Lipinski definition) is 2. The standard InChI is InChI=1S/C25H52O2/c1-2-3-4-5-6-7-8-9-10-11-12-13-14-15-16-19-22-25(27)23-20-17-18-21-24-26/h25-27H,2-24H2,1H3. The van der Waals surface area contributed by atoms with Gasteiger partial charge in [-0.25, -0.2) is 0 Å². The normalized spacial score (nSPS) is 12.6. The predicted molar refractivity (Wildman–Crippen MR) is 120 cm³/mol. The van der Waals surface area contributed by atoms with E-state index in [1.54, 1.807) is 0 Å². The first kappa shape index (κ1) is 26.9. The lowest BCUT2D eigenvalue weighted by atomic mass is 10.0. The lowest BCUT2D eigenvalue weighted by Gasteiger charge is -2.10. The minimum absolute atomic E-state index is 0.0919. The predicted octanol–water partition coefficient (Wildman–Crippen LogP) is 7.94. The Bertz CT molecular complexity index is 255. The summed E-state index contributed by atoms with van der Waals surface area (Å²) in [5, 5.41) is 18.7. The Labute approximate surface area is 171 Å². The molecule has 1 atom stereocenters. The van der Waals surface area contributed by atoms with Crippen LogP contribution in [0.5, 0.6) is 0 Å². The monoisotopic (exact) mass is 384 g/mol. The third kappa shape index (κ3) is 23.9. The smallest absolute Gasteiger partial charge is 0.0540 e. The number of unbranched alkanes of at least 4 members (excludes halogenated alkanes) is 18. The van der Waals surface area contributed by atoms with E-state index in [0.717, 1.165) is 38.5 Å². The van der Waals surface area contributed by atoms with E-state index in [1.165, 1.54) is 103 Å². The molecule has 0 aliphatic heterocycles. The van der Waals surface area contributed by atoms with Crippen LogP contribution in [0, 0.1) is 0 Å². The first-order chi connectivity index (χ1) is 13.3. The highest BCUT2D eigenvalue weighted by atomic mass is 16.3. The van der Waals surface area contributed by atoms with E-state index in [-0.39, 0.29) is 6.10 Å². The average Bonchev–Trinajstić information content (AvgIpc) is 2.67. The first-order valence-electron chi connectivity index (χ1n) is 12.6. The summed E-state index contributed by atoms with van der Waals surface area (Å²) in [7, 11) is 0. The van der Waals surface area contributed by atoms with Gasteiger partial charge in [-0.15, -0.1) is 0 Å². The van der Waals surface area contributed by atoms with Crippen LogP contribution in [0.3, 0.4) is 0 Å². The van der Waals surface area contributed by atoms with Gasteiger partial charge in [0.15, 0.2) is 0 Å². The minimum Gasteiger partial charge on any atom is -0.396 e. The van der Waals surface area contributed by atoms with Crippen molar-refractivity contribution in [3.05, 3.63) is 0 Å². The Morgan fingerprint density at radius 1 is 0.444 bits per heavy atom. The van der Waals surface area contributed by atoms with Crippen molar-refractivity contribution in [1.82, 2.24) is 0 Å². The van der Waals surface area contributed by atoms with E-state index in [2.05, 4.69) is 6.92 Å². The molecule has 2 heteroatoms. The Morgan fingerprint density at radius 3 is 1.07 bits per heavy atom. The maximum Gasteiger partial charge on any atom is 0.0540 e. The van der Waals surface area contributed by atoms with Gasteiger partial charge in [-0.05, 0) is 19.3 Å². The Balaban J connectivity index is 3.08. The fourth-order valence-electron chi connectivity index (χ4n) is 3.92. The molecule has 1 unspecified atom stereocenters. The van der Waals surface area contributed by atoms with Gasteiger partial charge >= 0.3 is 0 Å². The molecule has 0 saturated heterocycles. The SMILES string of the molecule is CCCCCCCCCCCCCCCCCCC(O)CCCCCCO. The van der Waals surface area contributed by atoms with Gasteiger partial charge in [-0.1, -0.05) is 129 Å². The van der Waals surface area contributed by atoms with Gasteiger partial charge in [0.1, 0.15) is 0 Å². The second-order valence-corrected chi connectivity index (χ2v) is 8.67. The molecule has 0 saturated carbocycles. The molecule has 27 heavy (non-hydrogen) atoms. The fourth-order valence-corrected chi connectivity index (χ4v) is 3.92. The molecule has 0 aromatic carbocycles. The summed E-state index contributed by atoms with van der Waals surface area (Å²) >= 11 is 0. The van der Waals surface area contributed by atoms with Gasteiger partial charge in [0.2, 0.25) is 0 Å². The minimum atomic E-state index is -0.0919. The van der Waals surface area contributed by atoms with Crippen molar-refractivity contribution in [2.75, 3.05) is 6.61 Å².